The van der Waals surface area contributed by atoms with Crippen molar-refractivity contribution in [3.8, 4) is 0 Å². The van der Waals surface area contributed by atoms with Crippen LogP contribution < -0.4 is 5.32 Å². The highest BCUT2D eigenvalue weighted by molar-refractivity contribution is 5.74. The van der Waals surface area contributed by atoms with E-state index in [1.807, 2.05) is 4.90 Å². The molecule has 13 heavy (non-hydrogen) atoms. The van der Waals surface area contributed by atoms with E-state index in [4.69, 9.17) is 0 Å². The zero-order chi connectivity index (χ0) is 10.0. The van der Waals surface area contributed by atoms with E-state index in [0.717, 1.165) is 13.0 Å². The van der Waals surface area contributed by atoms with Gasteiger partial charge in [-0.25, -0.2) is 4.79 Å². The highest BCUT2D eigenvalue weighted by atomic mass is 16.2. The zero-order valence-corrected chi connectivity index (χ0v) is 8.87. The lowest BCUT2D eigenvalue weighted by atomic mass is 10.1. The molecule has 0 aromatic heterocycles. The lowest BCUT2D eigenvalue weighted by Crippen LogP contribution is -2.45. The minimum Gasteiger partial charge on any atom is -0.341 e. The number of amides is 2. The average Bonchev–Trinajstić information content (AvgIpc) is 2.46. The van der Waals surface area contributed by atoms with Crippen molar-refractivity contribution in [3.63, 3.8) is 0 Å². The molecule has 1 fully saturated rings. The van der Waals surface area contributed by atoms with Crippen LogP contribution >= 0.6 is 0 Å². The van der Waals surface area contributed by atoms with Crippen molar-refractivity contribution < 1.29 is 4.79 Å². The minimum absolute atomic E-state index is 0.0388. The fourth-order valence-corrected chi connectivity index (χ4v) is 2.04. The molecule has 2 atom stereocenters. The largest absolute Gasteiger partial charge is 0.341 e. The van der Waals surface area contributed by atoms with E-state index in [1.165, 1.54) is 0 Å². The Labute approximate surface area is 79.9 Å². The Kier molecular flexibility index (Phi) is 3.14. The van der Waals surface area contributed by atoms with Gasteiger partial charge < -0.3 is 15.1 Å². The predicted octanol–water partition coefficient (Wildman–Crippen LogP) is 0.350. The first-order valence-corrected chi connectivity index (χ1v) is 4.72. The molecule has 0 bridgehead atoms. The van der Waals surface area contributed by atoms with Crippen LogP contribution in [0, 0.1) is 0 Å². The average molecular weight is 185 g/mol. The Morgan fingerprint density at radius 2 is 2.15 bits per heavy atom. The van der Waals surface area contributed by atoms with Crippen LogP contribution in [0.1, 0.15) is 13.3 Å². The molecule has 1 N–H and O–H groups in total. The summed E-state index contributed by atoms with van der Waals surface area (Å²) >= 11 is 0. The van der Waals surface area contributed by atoms with Gasteiger partial charge in [-0.2, -0.15) is 0 Å². The first-order valence-electron chi connectivity index (χ1n) is 4.72. The molecule has 1 heterocycles. The number of urea groups is 1. The highest BCUT2D eigenvalue weighted by Gasteiger charge is 2.34. The van der Waals surface area contributed by atoms with Gasteiger partial charge in [0.15, 0.2) is 0 Å². The maximum atomic E-state index is 11.4. The second kappa shape index (κ2) is 3.96. The topological polar surface area (TPSA) is 35.6 Å². The second-order valence-corrected chi connectivity index (χ2v) is 3.81. The van der Waals surface area contributed by atoms with Crippen LogP contribution in [0.2, 0.25) is 0 Å². The van der Waals surface area contributed by atoms with E-state index in [-0.39, 0.29) is 6.03 Å². The van der Waals surface area contributed by atoms with E-state index < -0.39 is 0 Å². The van der Waals surface area contributed by atoms with Crippen LogP contribution in [0.25, 0.3) is 0 Å². The van der Waals surface area contributed by atoms with Crippen LogP contribution in [0.4, 0.5) is 4.79 Å². The number of carbonyl (C=O) groups excluding carboxylic acids is 1. The van der Waals surface area contributed by atoms with E-state index >= 15 is 0 Å². The van der Waals surface area contributed by atoms with Gasteiger partial charge in [-0.3, -0.25) is 0 Å². The zero-order valence-electron chi connectivity index (χ0n) is 8.87. The molecule has 1 saturated heterocycles. The Hall–Kier alpha value is -0.770. The van der Waals surface area contributed by atoms with Gasteiger partial charge in [-0.05, 0) is 27.4 Å². The Balaban J connectivity index is 2.59. The molecule has 0 radical (unpaired) electrons. The monoisotopic (exact) mass is 185 g/mol. The lowest BCUT2D eigenvalue weighted by Gasteiger charge is -2.27. The lowest BCUT2D eigenvalue weighted by molar-refractivity contribution is 0.181. The molecule has 76 valence electrons. The van der Waals surface area contributed by atoms with Gasteiger partial charge in [0, 0.05) is 25.7 Å². The molecule has 2 unspecified atom stereocenters. The van der Waals surface area contributed by atoms with Gasteiger partial charge in [-0.15, -0.1) is 0 Å². The van der Waals surface area contributed by atoms with Crippen LogP contribution in [-0.4, -0.2) is 55.6 Å². The summed E-state index contributed by atoms with van der Waals surface area (Å²) in [6, 6.07) is 0.851. The van der Waals surface area contributed by atoms with Crippen molar-refractivity contribution in [2.45, 2.75) is 25.4 Å². The third kappa shape index (κ3) is 1.94. The molecule has 2 amide bonds. The fraction of sp³-hybridized carbons (Fsp3) is 0.889. The van der Waals surface area contributed by atoms with Crippen molar-refractivity contribution in [2.24, 2.45) is 0 Å². The summed E-state index contributed by atoms with van der Waals surface area (Å²) in [5.41, 5.74) is 0. The number of nitrogens with one attached hydrogen (secondary N) is 1. The van der Waals surface area contributed by atoms with E-state index in [9.17, 15) is 4.79 Å². The predicted molar refractivity (Wildman–Crippen MR) is 52.7 cm³/mol. The van der Waals surface area contributed by atoms with Gasteiger partial charge in [0.05, 0.1) is 0 Å². The molecular weight excluding hydrogens is 166 g/mol. The third-order valence-corrected chi connectivity index (χ3v) is 2.85. The van der Waals surface area contributed by atoms with Gasteiger partial charge in [0.2, 0.25) is 0 Å². The summed E-state index contributed by atoms with van der Waals surface area (Å²) in [7, 11) is 5.81. The summed E-state index contributed by atoms with van der Waals surface area (Å²) < 4.78 is 0. The normalized spacial score (nSPS) is 28.2. The number of carbonyl (C=O) groups is 1. The van der Waals surface area contributed by atoms with Crippen LogP contribution in [0.3, 0.4) is 0 Å². The van der Waals surface area contributed by atoms with Crippen molar-refractivity contribution in [1.29, 1.82) is 0 Å². The number of hydrogen-bond donors (Lipinski definition) is 1. The molecule has 0 aromatic rings. The van der Waals surface area contributed by atoms with Crippen molar-refractivity contribution in [2.75, 3.05) is 27.7 Å². The standard InChI is InChI=1S/C9H19N3O/c1-7-8(11(3)4)5-6-12(7)9(13)10-2/h7-8H,5-6H2,1-4H3,(H,10,13). The van der Waals surface area contributed by atoms with Crippen LogP contribution in [-0.2, 0) is 0 Å². The molecule has 1 rings (SSSR count). The Morgan fingerprint density at radius 3 is 2.54 bits per heavy atom. The van der Waals surface area contributed by atoms with Gasteiger partial charge >= 0.3 is 6.03 Å². The number of likely N-dealkylation sites (N-methyl/N-ethyl adjacent to an activating group) is 1. The summed E-state index contributed by atoms with van der Waals surface area (Å²) in [4.78, 5) is 15.5. The maximum absolute atomic E-state index is 11.4. The Morgan fingerprint density at radius 1 is 1.54 bits per heavy atom. The molecule has 0 spiro atoms. The molecule has 1 aliphatic rings. The fourth-order valence-electron chi connectivity index (χ4n) is 2.04. The number of likely N-dealkylation sites (tertiary alicyclic amines) is 1. The molecule has 1 aliphatic heterocycles. The molecule has 0 aromatic carbocycles. The molecule has 4 heteroatoms. The van der Waals surface area contributed by atoms with Crippen molar-refractivity contribution in [1.82, 2.24) is 15.1 Å². The third-order valence-electron chi connectivity index (χ3n) is 2.85. The SMILES string of the molecule is CNC(=O)N1CCC(N(C)C)C1C. The quantitative estimate of drug-likeness (QED) is 0.640. The van der Waals surface area contributed by atoms with E-state index in [2.05, 4.69) is 31.2 Å². The van der Waals surface area contributed by atoms with Gasteiger partial charge in [0.25, 0.3) is 0 Å². The number of rotatable bonds is 1. The van der Waals surface area contributed by atoms with Gasteiger partial charge in [-0.1, -0.05) is 0 Å². The van der Waals surface area contributed by atoms with E-state index in [1.54, 1.807) is 7.05 Å². The Bertz CT molecular complexity index is 193. The van der Waals surface area contributed by atoms with Gasteiger partial charge in [0.1, 0.15) is 0 Å². The smallest absolute Gasteiger partial charge is 0.317 e. The molecule has 0 saturated carbocycles. The summed E-state index contributed by atoms with van der Waals surface area (Å²) in [5.74, 6) is 0. The molecule has 4 nitrogen and oxygen atoms in total. The van der Waals surface area contributed by atoms with Crippen molar-refractivity contribution in [3.05, 3.63) is 0 Å². The first kappa shape index (κ1) is 10.3. The van der Waals surface area contributed by atoms with Crippen LogP contribution in [0.15, 0.2) is 0 Å². The number of hydrogen-bond acceptors (Lipinski definition) is 2. The highest BCUT2D eigenvalue weighted by Crippen LogP contribution is 2.20. The van der Waals surface area contributed by atoms with E-state index in [0.29, 0.717) is 12.1 Å². The number of nitrogens with zero attached hydrogens (tertiary/aromatic N) is 2. The van der Waals surface area contributed by atoms with Crippen molar-refractivity contribution >= 4 is 6.03 Å². The summed E-state index contributed by atoms with van der Waals surface area (Å²) in [6.07, 6.45) is 1.07. The molecule has 0 aliphatic carbocycles. The minimum atomic E-state index is 0.0388. The second-order valence-electron chi connectivity index (χ2n) is 3.81. The van der Waals surface area contributed by atoms with Crippen LogP contribution in [0.5, 0.6) is 0 Å². The first-order chi connectivity index (χ1) is 6.07. The summed E-state index contributed by atoms with van der Waals surface area (Å²) in [5, 5.41) is 2.67. The maximum Gasteiger partial charge on any atom is 0.317 e. The summed E-state index contributed by atoms with van der Waals surface area (Å²) in [6.45, 7) is 2.97. The molecular formula is C9H19N3O.